The van der Waals surface area contributed by atoms with Gasteiger partial charge in [-0.2, -0.15) is 9.78 Å². The lowest BCUT2D eigenvalue weighted by atomic mass is 9.72. The van der Waals surface area contributed by atoms with Crippen molar-refractivity contribution in [3.8, 4) is 5.95 Å². The average molecular weight is 339 g/mol. The van der Waals surface area contributed by atoms with Crippen LogP contribution in [0.2, 0.25) is 0 Å². The van der Waals surface area contributed by atoms with Gasteiger partial charge in [-0.15, -0.1) is 0 Å². The van der Waals surface area contributed by atoms with Crippen LogP contribution in [0, 0.1) is 32.1 Å². The third-order valence-electron chi connectivity index (χ3n) is 5.21. The highest BCUT2D eigenvalue weighted by Gasteiger charge is 2.28. The predicted molar refractivity (Wildman–Crippen MR) is 103 cm³/mol. The van der Waals surface area contributed by atoms with Crippen molar-refractivity contribution in [3.63, 3.8) is 0 Å². The Balaban J connectivity index is 1.97. The van der Waals surface area contributed by atoms with Crippen molar-refractivity contribution >= 4 is 11.4 Å². The van der Waals surface area contributed by atoms with E-state index in [0.717, 1.165) is 41.4 Å². The van der Waals surface area contributed by atoms with Crippen molar-refractivity contribution in [1.29, 1.82) is 0 Å². The number of aryl methyl sites for hydroxylation is 3. The number of rotatable bonds is 2. The SMILES string of the molecule is Cc1cc(C)nc(-n2nc(C)c(C3=CC[C@@H](C(C)(C)C)CC3)c2N)n1. The molecule has 0 aromatic carbocycles. The highest BCUT2D eigenvalue weighted by atomic mass is 15.4. The van der Waals surface area contributed by atoms with E-state index < -0.39 is 0 Å². The number of hydrogen-bond acceptors (Lipinski definition) is 4. The Kier molecular flexibility index (Phi) is 4.43. The van der Waals surface area contributed by atoms with Crippen LogP contribution in [0.1, 0.15) is 62.7 Å². The lowest BCUT2D eigenvalue weighted by Crippen LogP contribution is -2.22. The summed E-state index contributed by atoms with van der Waals surface area (Å²) in [6.07, 6.45) is 5.70. The van der Waals surface area contributed by atoms with E-state index in [1.807, 2.05) is 26.8 Å². The zero-order valence-electron chi connectivity index (χ0n) is 16.2. The fraction of sp³-hybridized carbons (Fsp3) is 0.550. The molecule has 0 amide bonds. The maximum Gasteiger partial charge on any atom is 0.252 e. The molecule has 0 aliphatic heterocycles. The largest absolute Gasteiger partial charge is 0.383 e. The number of allylic oxidation sites excluding steroid dienone is 2. The summed E-state index contributed by atoms with van der Waals surface area (Å²) in [5, 5.41) is 4.63. The van der Waals surface area contributed by atoms with Gasteiger partial charge >= 0.3 is 0 Å². The number of hydrogen-bond donors (Lipinski definition) is 1. The second kappa shape index (κ2) is 6.28. The quantitative estimate of drug-likeness (QED) is 0.880. The van der Waals surface area contributed by atoms with Gasteiger partial charge in [0.15, 0.2) is 0 Å². The van der Waals surface area contributed by atoms with Crippen molar-refractivity contribution < 1.29 is 0 Å². The Hall–Kier alpha value is -2.17. The third-order valence-corrected chi connectivity index (χ3v) is 5.21. The Labute approximate surface area is 150 Å². The van der Waals surface area contributed by atoms with E-state index in [-0.39, 0.29) is 0 Å². The van der Waals surface area contributed by atoms with Crippen molar-refractivity contribution in [3.05, 3.63) is 34.8 Å². The van der Waals surface area contributed by atoms with E-state index in [0.29, 0.717) is 17.2 Å². The average Bonchev–Trinajstić information content (AvgIpc) is 2.80. The monoisotopic (exact) mass is 339 g/mol. The summed E-state index contributed by atoms with van der Waals surface area (Å²) < 4.78 is 1.68. The zero-order chi connectivity index (χ0) is 18.4. The van der Waals surface area contributed by atoms with Gasteiger partial charge in [-0.05, 0) is 63.0 Å². The van der Waals surface area contributed by atoms with Gasteiger partial charge in [0.1, 0.15) is 5.82 Å². The minimum absolute atomic E-state index is 0.347. The maximum absolute atomic E-state index is 6.47. The zero-order valence-corrected chi connectivity index (χ0v) is 16.2. The standard InChI is InChI=1S/C20H29N5/c1-12-11-13(2)23-19(22-12)25-18(21)17(14(3)24-25)15-7-9-16(10-8-15)20(4,5)6/h7,11,16H,8-10,21H2,1-6H3/t16-/m1/s1. The molecule has 1 atom stereocenters. The van der Waals surface area contributed by atoms with Gasteiger partial charge in [0.25, 0.3) is 5.95 Å². The summed E-state index contributed by atoms with van der Waals surface area (Å²) in [5.41, 5.74) is 12.0. The first-order chi connectivity index (χ1) is 11.7. The van der Waals surface area contributed by atoms with Gasteiger partial charge in [-0.3, -0.25) is 0 Å². The van der Waals surface area contributed by atoms with Crippen LogP contribution in [0.3, 0.4) is 0 Å². The van der Waals surface area contributed by atoms with Crippen molar-refractivity contribution in [2.24, 2.45) is 11.3 Å². The van der Waals surface area contributed by atoms with Crippen LogP contribution in [-0.2, 0) is 0 Å². The summed E-state index contributed by atoms with van der Waals surface area (Å²) in [5.74, 6) is 1.91. The van der Waals surface area contributed by atoms with E-state index in [1.165, 1.54) is 12.0 Å². The molecule has 25 heavy (non-hydrogen) atoms. The number of aromatic nitrogens is 4. The van der Waals surface area contributed by atoms with Crippen LogP contribution < -0.4 is 5.73 Å². The van der Waals surface area contributed by atoms with Gasteiger partial charge < -0.3 is 5.73 Å². The number of anilines is 1. The first-order valence-corrected chi connectivity index (χ1v) is 9.04. The van der Waals surface area contributed by atoms with Crippen LogP contribution in [0.4, 0.5) is 5.82 Å². The van der Waals surface area contributed by atoms with E-state index in [2.05, 4.69) is 41.9 Å². The Morgan fingerprint density at radius 1 is 1.12 bits per heavy atom. The van der Waals surface area contributed by atoms with E-state index in [9.17, 15) is 0 Å². The molecule has 0 fully saturated rings. The highest BCUT2D eigenvalue weighted by Crippen LogP contribution is 2.41. The van der Waals surface area contributed by atoms with Crippen LogP contribution in [-0.4, -0.2) is 19.7 Å². The molecule has 1 aliphatic carbocycles. The van der Waals surface area contributed by atoms with Crippen LogP contribution in [0.15, 0.2) is 12.1 Å². The van der Waals surface area contributed by atoms with Crippen LogP contribution in [0.5, 0.6) is 0 Å². The second-order valence-corrected chi connectivity index (χ2v) is 8.27. The van der Waals surface area contributed by atoms with Gasteiger partial charge in [0, 0.05) is 17.0 Å². The molecule has 5 heteroatoms. The minimum Gasteiger partial charge on any atom is -0.383 e. The molecule has 0 unspecified atom stereocenters. The summed E-state index contributed by atoms with van der Waals surface area (Å²) in [4.78, 5) is 9.00. The number of nitrogens with two attached hydrogens (primary N) is 1. The van der Waals surface area contributed by atoms with Gasteiger partial charge in [0.05, 0.1) is 5.69 Å². The number of nitrogens with zero attached hydrogens (tertiary/aromatic N) is 4. The molecular formula is C20H29N5. The van der Waals surface area contributed by atoms with Crippen molar-refractivity contribution in [2.45, 2.75) is 60.8 Å². The molecule has 2 aromatic heterocycles. The molecule has 2 aromatic rings. The number of nitrogen functional groups attached to an aromatic ring is 1. The normalized spacial score (nSPS) is 18.3. The lowest BCUT2D eigenvalue weighted by molar-refractivity contribution is 0.225. The minimum atomic E-state index is 0.347. The third kappa shape index (κ3) is 3.46. The molecule has 3 rings (SSSR count). The Bertz CT molecular complexity index is 803. The molecule has 0 radical (unpaired) electrons. The van der Waals surface area contributed by atoms with Crippen molar-refractivity contribution in [2.75, 3.05) is 5.73 Å². The lowest BCUT2D eigenvalue weighted by Gasteiger charge is -2.33. The smallest absolute Gasteiger partial charge is 0.252 e. The predicted octanol–water partition coefficient (Wildman–Crippen LogP) is 4.40. The van der Waals surface area contributed by atoms with Crippen LogP contribution in [0.25, 0.3) is 11.5 Å². The molecule has 1 aliphatic rings. The van der Waals surface area contributed by atoms with Gasteiger partial charge in [-0.1, -0.05) is 26.8 Å². The topological polar surface area (TPSA) is 69.6 Å². The summed E-state index contributed by atoms with van der Waals surface area (Å²) >= 11 is 0. The summed E-state index contributed by atoms with van der Waals surface area (Å²) in [6.45, 7) is 12.9. The fourth-order valence-corrected chi connectivity index (χ4v) is 3.74. The Morgan fingerprint density at radius 3 is 2.28 bits per heavy atom. The van der Waals surface area contributed by atoms with E-state index in [4.69, 9.17) is 5.73 Å². The first kappa shape index (κ1) is 17.6. The molecule has 5 nitrogen and oxygen atoms in total. The van der Waals surface area contributed by atoms with Crippen molar-refractivity contribution in [1.82, 2.24) is 19.7 Å². The first-order valence-electron chi connectivity index (χ1n) is 9.04. The maximum atomic E-state index is 6.47. The fourth-order valence-electron chi connectivity index (χ4n) is 3.74. The molecule has 0 saturated carbocycles. The molecule has 0 spiro atoms. The van der Waals surface area contributed by atoms with Crippen LogP contribution >= 0.6 is 0 Å². The molecular weight excluding hydrogens is 310 g/mol. The Morgan fingerprint density at radius 2 is 1.76 bits per heavy atom. The second-order valence-electron chi connectivity index (χ2n) is 8.27. The summed E-state index contributed by atoms with van der Waals surface area (Å²) in [6, 6.07) is 1.95. The molecule has 2 heterocycles. The van der Waals surface area contributed by atoms with E-state index >= 15 is 0 Å². The molecule has 0 saturated heterocycles. The molecule has 0 bridgehead atoms. The summed E-state index contributed by atoms with van der Waals surface area (Å²) in [7, 11) is 0. The van der Waals surface area contributed by atoms with Gasteiger partial charge in [-0.25, -0.2) is 9.97 Å². The van der Waals surface area contributed by atoms with Gasteiger partial charge in [0.2, 0.25) is 0 Å². The van der Waals surface area contributed by atoms with E-state index in [1.54, 1.807) is 4.68 Å². The molecule has 134 valence electrons. The molecule has 2 N–H and O–H groups in total. The highest BCUT2D eigenvalue weighted by molar-refractivity contribution is 5.76.